The molecule has 4 fully saturated rings. The van der Waals surface area contributed by atoms with Crippen LogP contribution in [0.5, 0.6) is 5.75 Å². The Balaban J connectivity index is 1.33. The van der Waals surface area contributed by atoms with Crippen molar-refractivity contribution in [3.8, 4) is 5.75 Å². The maximum Gasteiger partial charge on any atom is 0.415 e. The van der Waals surface area contributed by atoms with Gasteiger partial charge in [-0.05, 0) is 72.9 Å². The molecule has 8 heteroatoms. The number of piperidine rings is 1. The minimum atomic E-state index is -4.66. The minimum absolute atomic E-state index is 0.0783. The highest BCUT2D eigenvalue weighted by molar-refractivity contribution is 5.84. The molecule has 1 amide bonds. The molecule has 196 valence electrons. The van der Waals surface area contributed by atoms with Crippen molar-refractivity contribution < 1.29 is 28.2 Å². The van der Waals surface area contributed by atoms with Crippen LogP contribution in [-0.2, 0) is 23.2 Å². The summed E-state index contributed by atoms with van der Waals surface area (Å²) in [6, 6.07) is 15.4. The van der Waals surface area contributed by atoms with Crippen LogP contribution in [0.15, 0.2) is 48.5 Å². The Hall–Kier alpha value is -2.58. The molecule has 2 heterocycles. The van der Waals surface area contributed by atoms with Crippen LogP contribution in [0, 0.1) is 17.3 Å². The van der Waals surface area contributed by atoms with E-state index in [4.69, 9.17) is 0 Å². The Morgan fingerprint density at radius 3 is 2.65 bits per heavy atom. The van der Waals surface area contributed by atoms with E-state index in [1.165, 1.54) is 0 Å². The van der Waals surface area contributed by atoms with Crippen LogP contribution in [0.1, 0.15) is 42.4 Å². The Bertz CT molecular complexity index is 1250. The van der Waals surface area contributed by atoms with Crippen LogP contribution < -0.4 is 0 Å². The summed E-state index contributed by atoms with van der Waals surface area (Å²) < 4.78 is 40.1. The summed E-state index contributed by atoms with van der Waals surface area (Å²) in [5.74, 6) is 0.271. The number of carbonyl (C=O) groups is 1. The first-order chi connectivity index (χ1) is 17.7. The van der Waals surface area contributed by atoms with E-state index in [-0.39, 0.29) is 46.4 Å². The molecule has 0 spiro atoms. The first-order valence-electron chi connectivity index (χ1n) is 13.3. The number of likely N-dealkylation sites (tertiary alicyclic amines) is 2. The summed E-state index contributed by atoms with van der Waals surface area (Å²) in [6.07, 6.45) is -3.51. The normalized spacial score (nSPS) is 36.9. The standard InChI is InChI=1S/C29H31F3N2O3/c30-29(31,32)24(36)16-33-11-10-28-21-13-19(35)7-6-18(21)12-23(33)27(28)9-8-22-25(28)20(14-27)26(37)34(22)15-17-4-2-1-3-5-17/h1-7,13,20,22-25,35-36H,8-12,14-16H2/t20-,22?,23?,24-,25?,27?,28?/m0/s1. The number of hydrogen-bond donors (Lipinski definition) is 2. The van der Waals surface area contributed by atoms with E-state index >= 15 is 0 Å². The van der Waals surface area contributed by atoms with Crippen LogP contribution in [0.3, 0.4) is 0 Å². The second kappa shape index (κ2) is 7.73. The molecule has 37 heavy (non-hydrogen) atoms. The molecule has 7 atom stereocenters. The molecular weight excluding hydrogens is 481 g/mol. The lowest BCUT2D eigenvalue weighted by atomic mass is 9.43. The van der Waals surface area contributed by atoms with E-state index in [0.29, 0.717) is 32.4 Å². The van der Waals surface area contributed by atoms with Crippen molar-refractivity contribution in [2.24, 2.45) is 17.3 Å². The zero-order valence-electron chi connectivity index (χ0n) is 20.5. The van der Waals surface area contributed by atoms with Crippen molar-refractivity contribution in [1.82, 2.24) is 9.80 Å². The maximum atomic E-state index is 14.0. The Kier molecular flexibility index (Phi) is 4.91. The number of carbonyl (C=O) groups excluding carboxylic acids is 1. The molecule has 5 aliphatic rings. The van der Waals surface area contributed by atoms with Gasteiger partial charge in [0.2, 0.25) is 5.91 Å². The molecule has 0 radical (unpaired) electrons. The van der Waals surface area contributed by atoms with Gasteiger partial charge in [-0.3, -0.25) is 9.69 Å². The fourth-order valence-electron chi connectivity index (χ4n) is 9.48. The van der Waals surface area contributed by atoms with E-state index in [1.54, 1.807) is 6.07 Å². The van der Waals surface area contributed by atoms with Gasteiger partial charge in [0.25, 0.3) is 0 Å². The largest absolute Gasteiger partial charge is 0.508 e. The van der Waals surface area contributed by atoms with Crippen LogP contribution in [0.4, 0.5) is 13.2 Å². The van der Waals surface area contributed by atoms with Crippen LogP contribution in [0.2, 0.25) is 0 Å². The third-order valence-corrected chi connectivity index (χ3v) is 10.6. The second-order valence-electron chi connectivity index (χ2n) is 11.9. The molecular formula is C29H31F3N2O3. The molecule has 2 aromatic carbocycles. The summed E-state index contributed by atoms with van der Waals surface area (Å²) in [7, 11) is 0. The second-order valence-corrected chi connectivity index (χ2v) is 11.9. The monoisotopic (exact) mass is 512 g/mol. The van der Waals surface area contributed by atoms with Crippen molar-refractivity contribution in [2.45, 2.75) is 68.4 Å². The van der Waals surface area contributed by atoms with Crippen molar-refractivity contribution in [1.29, 1.82) is 0 Å². The number of halogens is 3. The maximum absolute atomic E-state index is 14.0. The lowest BCUT2D eigenvalue weighted by Gasteiger charge is -2.66. The number of fused-ring (bicyclic) bond motifs is 1. The summed E-state index contributed by atoms with van der Waals surface area (Å²) >= 11 is 0. The number of amides is 1. The molecule has 4 bridgehead atoms. The van der Waals surface area contributed by atoms with Crippen LogP contribution >= 0.6 is 0 Å². The number of β-amino-alcohol motifs (C(OH)–C–C–N with tert-alkyl or cyclic N) is 1. The molecule has 2 saturated heterocycles. The molecule has 5 nitrogen and oxygen atoms in total. The highest BCUT2D eigenvalue weighted by Gasteiger charge is 2.77. The summed E-state index contributed by atoms with van der Waals surface area (Å²) in [5, 5.41) is 20.5. The molecule has 2 aromatic rings. The zero-order chi connectivity index (χ0) is 25.7. The number of aromatic hydroxyl groups is 1. The van der Waals surface area contributed by atoms with Gasteiger partial charge in [0.15, 0.2) is 6.10 Å². The number of rotatable bonds is 4. The highest BCUT2D eigenvalue weighted by Crippen LogP contribution is 2.75. The number of aliphatic hydroxyl groups is 1. The molecule has 0 aromatic heterocycles. The van der Waals surface area contributed by atoms with E-state index < -0.39 is 18.8 Å². The smallest absolute Gasteiger partial charge is 0.415 e. The van der Waals surface area contributed by atoms with Crippen molar-refractivity contribution in [3.05, 3.63) is 65.2 Å². The van der Waals surface area contributed by atoms with Crippen molar-refractivity contribution in [2.75, 3.05) is 13.1 Å². The average Bonchev–Trinajstić information content (AvgIpc) is 3.24. The van der Waals surface area contributed by atoms with Gasteiger partial charge in [-0.2, -0.15) is 13.2 Å². The number of alkyl halides is 3. The van der Waals surface area contributed by atoms with Crippen LogP contribution in [-0.4, -0.2) is 63.4 Å². The van der Waals surface area contributed by atoms with E-state index in [2.05, 4.69) is 4.90 Å². The lowest BCUT2D eigenvalue weighted by Crippen LogP contribution is -2.70. The molecule has 2 aliphatic heterocycles. The number of hydrogen-bond acceptors (Lipinski definition) is 4. The van der Waals surface area contributed by atoms with Gasteiger partial charge in [0.05, 0.1) is 0 Å². The van der Waals surface area contributed by atoms with E-state index in [1.807, 2.05) is 47.4 Å². The quantitative estimate of drug-likeness (QED) is 0.650. The van der Waals surface area contributed by atoms with Gasteiger partial charge in [-0.15, -0.1) is 0 Å². The predicted molar refractivity (Wildman–Crippen MR) is 130 cm³/mol. The average molecular weight is 513 g/mol. The molecule has 2 N–H and O–H groups in total. The summed E-state index contributed by atoms with van der Waals surface area (Å²) in [6.45, 7) is 0.574. The highest BCUT2D eigenvalue weighted by atomic mass is 19.4. The summed E-state index contributed by atoms with van der Waals surface area (Å²) in [4.78, 5) is 17.9. The van der Waals surface area contributed by atoms with Crippen molar-refractivity contribution >= 4 is 5.91 Å². The Morgan fingerprint density at radius 1 is 1.11 bits per heavy atom. The fourth-order valence-corrected chi connectivity index (χ4v) is 9.48. The molecule has 5 unspecified atom stereocenters. The number of benzene rings is 2. The molecule has 3 aliphatic carbocycles. The number of nitrogens with zero attached hydrogens (tertiary/aromatic N) is 2. The van der Waals surface area contributed by atoms with Gasteiger partial charge in [0.1, 0.15) is 5.75 Å². The SMILES string of the molecule is O=C1[C@H]2CC34CCC(C2C32CCN(C[C@H](O)C(F)(F)F)C4Cc3ccc(O)cc32)N1Cc1ccccc1. The molecule has 2 saturated carbocycles. The fraction of sp³-hybridized carbons (Fsp3) is 0.552. The van der Waals surface area contributed by atoms with Crippen molar-refractivity contribution in [3.63, 3.8) is 0 Å². The van der Waals surface area contributed by atoms with Gasteiger partial charge in [-0.1, -0.05) is 36.4 Å². The van der Waals surface area contributed by atoms with Crippen LogP contribution in [0.25, 0.3) is 0 Å². The number of phenols is 1. The van der Waals surface area contributed by atoms with Gasteiger partial charge in [0, 0.05) is 42.4 Å². The van der Waals surface area contributed by atoms with Gasteiger partial charge < -0.3 is 15.1 Å². The van der Waals surface area contributed by atoms with Gasteiger partial charge >= 0.3 is 6.18 Å². The minimum Gasteiger partial charge on any atom is -0.508 e. The zero-order valence-corrected chi connectivity index (χ0v) is 20.5. The third kappa shape index (κ3) is 3.03. The Morgan fingerprint density at radius 2 is 1.89 bits per heavy atom. The Labute approximate surface area is 213 Å². The lowest BCUT2D eigenvalue weighted by molar-refractivity contribution is -0.216. The number of aliphatic hydroxyl groups excluding tert-OH is 1. The van der Waals surface area contributed by atoms with E-state index in [0.717, 1.165) is 29.5 Å². The predicted octanol–water partition coefficient (Wildman–Crippen LogP) is 4.01. The third-order valence-electron chi connectivity index (χ3n) is 10.6. The first-order valence-corrected chi connectivity index (χ1v) is 13.3. The van der Waals surface area contributed by atoms with E-state index in [9.17, 15) is 28.2 Å². The number of phenolic OH excluding ortho intramolecular Hbond substituents is 1. The van der Waals surface area contributed by atoms with Gasteiger partial charge in [-0.25, -0.2) is 0 Å². The summed E-state index contributed by atoms with van der Waals surface area (Å²) in [5.41, 5.74) is 2.56. The first kappa shape index (κ1) is 23.5. The molecule has 7 rings (SSSR count). The topological polar surface area (TPSA) is 64.0 Å².